The predicted octanol–water partition coefficient (Wildman–Crippen LogP) is 1.97. The lowest BCUT2D eigenvalue weighted by Crippen LogP contribution is -2.52. The Morgan fingerprint density at radius 3 is 2.38 bits per heavy atom. The molecule has 2 aromatic carbocycles. The van der Waals surface area contributed by atoms with E-state index in [0.29, 0.717) is 26.2 Å². The topological polar surface area (TPSA) is 93.9 Å². The van der Waals surface area contributed by atoms with E-state index in [1.165, 1.54) is 22.0 Å². The first-order valence-electron chi connectivity index (χ1n) is 11.5. The zero-order chi connectivity index (χ0) is 24.4. The van der Waals surface area contributed by atoms with Crippen LogP contribution < -0.4 is 0 Å². The number of amides is 1. The van der Waals surface area contributed by atoms with Crippen molar-refractivity contribution in [3.63, 3.8) is 0 Å². The van der Waals surface area contributed by atoms with Crippen LogP contribution in [0.5, 0.6) is 0 Å². The van der Waals surface area contributed by atoms with Crippen molar-refractivity contribution >= 4 is 15.9 Å². The molecule has 3 rings (SSSR count). The zero-order valence-electron chi connectivity index (χ0n) is 19.6. The molecule has 0 saturated carbocycles. The Morgan fingerprint density at radius 2 is 1.71 bits per heavy atom. The molecule has 1 heterocycles. The highest BCUT2D eigenvalue weighted by molar-refractivity contribution is 7.89. The van der Waals surface area contributed by atoms with Crippen LogP contribution in [0.15, 0.2) is 59.5 Å². The first-order chi connectivity index (χ1) is 16.5. The van der Waals surface area contributed by atoms with E-state index in [1.807, 2.05) is 24.3 Å². The molecule has 182 valence electrons. The van der Waals surface area contributed by atoms with Crippen LogP contribution >= 0.6 is 0 Å². The Kier molecular flexibility index (Phi) is 9.60. The normalized spacial score (nSPS) is 14.8. The van der Waals surface area contributed by atoms with Crippen molar-refractivity contribution in [3.8, 4) is 6.07 Å². The lowest BCUT2D eigenvalue weighted by atomic mass is 10.1. The third kappa shape index (κ3) is 6.87. The molecular formula is C25H32N4O4S. The molecule has 0 aromatic heterocycles. The van der Waals surface area contributed by atoms with E-state index in [9.17, 15) is 18.5 Å². The van der Waals surface area contributed by atoms with Gasteiger partial charge < -0.3 is 9.64 Å². The van der Waals surface area contributed by atoms with Crippen LogP contribution in [0.25, 0.3) is 0 Å². The largest absolute Gasteiger partial charge is 0.383 e. The molecule has 0 unspecified atom stereocenters. The molecule has 2 aromatic rings. The monoisotopic (exact) mass is 484 g/mol. The molecule has 1 fully saturated rings. The Balaban J connectivity index is 1.53. The fraction of sp³-hybridized carbons (Fsp3) is 0.440. The van der Waals surface area contributed by atoms with Gasteiger partial charge in [0.15, 0.2) is 0 Å². The maximum Gasteiger partial charge on any atom is 0.244 e. The average molecular weight is 485 g/mol. The van der Waals surface area contributed by atoms with Crippen LogP contribution in [0.4, 0.5) is 0 Å². The summed E-state index contributed by atoms with van der Waals surface area (Å²) in [6, 6.07) is 18.4. The van der Waals surface area contributed by atoms with E-state index in [0.717, 1.165) is 19.4 Å². The van der Waals surface area contributed by atoms with E-state index in [1.54, 1.807) is 24.1 Å². The molecule has 0 N–H and O–H groups in total. The molecule has 0 spiro atoms. The zero-order valence-corrected chi connectivity index (χ0v) is 20.4. The maximum atomic E-state index is 13.0. The van der Waals surface area contributed by atoms with Gasteiger partial charge in [-0.15, -0.1) is 0 Å². The molecule has 0 bridgehead atoms. The van der Waals surface area contributed by atoms with Crippen molar-refractivity contribution in [2.45, 2.75) is 17.7 Å². The third-order valence-electron chi connectivity index (χ3n) is 5.97. The number of carbonyl (C=O) groups excluding carboxylic acids is 1. The van der Waals surface area contributed by atoms with Crippen LogP contribution in [0.2, 0.25) is 0 Å². The number of nitrogens with zero attached hydrogens (tertiary/aromatic N) is 4. The Morgan fingerprint density at radius 1 is 1.03 bits per heavy atom. The molecule has 1 aliphatic rings. The number of methoxy groups -OCH3 is 1. The second-order valence-electron chi connectivity index (χ2n) is 8.25. The molecule has 0 aliphatic carbocycles. The number of hydrogen-bond acceptors (Lipinski definition) is 6. The minimum Gasteiger partial charge on any atom is -0.383 e. The summed E-state index contributed by atoms with van der Waals surface area (Å²) in [5, 5.41) is 9.27. The number of nitriles is 1. The molecule has 0 radical (unpaired) electrons. The fourth-order valence-electron chi connectivity index (χ4n) is 4.03. The molecule has 9 heteroatoms. The Bertz CT molecular complexity index is 1080. The van der Waals surface area contributed by atoms with Crippen molar-refractivity contribution in [1.29, 1.82) is 5.26 Å². The Hall–Kier alpha value is -2.77. The molecule has 1 amide bonds. The van der Waals surface area contributed by atoms with Gasteiger partial charge in [-0.1, -0.05) is 42.5 Å². The third-order valence-corrected chi connectivity index (χ3v) is 7.93. The number of carbonyl (C=O) groups is 1. The number of aryl methyl sites for hydroxylation is 1. The first kappa shape index (κ1) is 25.8. The van der Waals surface area contributed by atoms with Gasteiger partial charge in [-0.3, -0.25) is 9.69 Å². The molecule has 1 saturated heterocycles. The molecular weight excluding hydrogens is 452 g/mol. The van der Waals surface area contributed by atoms with Crippen LogP contribution in [0.1, 0.15) is 17.5 Å². The van der Waals surface area contributed by atoms with Gasteiger partial charge in [-0.05, 0) is 37.1 Å². The Labute approximate surface area is 202 Å². The van der Waals surface area contributed by atoms with Crippen LogP contribution in [-0.4, -0.2) is 88.0 Å². The first-order valence-corrected chi connectivity index (χ1v) is 12.9. The van der Waals surface area contributed by atoms with Gasteiger partial charge in [0.25, 0.3) is 0 Å². The summed E-state index contributed by atoms with van der Waals surface area (Å²) in [5.41, 5.74) is 1.40. The van der Waals surface area contributed by atoms with E-state index in [-0.39, 0.29) is 36.0 Å². The number of ether oxygens (including phenoxy) is 1. The highest BCUT2D eigenvalue weighted by Gasteiger charge is 2.31. The summed E-state index contributed by atoms with van der Waals surface area (Å²) < 4.78 is 32.6. The van der Waals surface area contributed by atoms with Gasteiger partial charge in [0, 0.05) is 39.8 Å². The fourth-order valence-corrected chi connectivity index (χ4v) is 5.60. The second-order valence-corrected chi connectivity index (χ2v) is 10.2. The van der Waals surface area contributed by atoms with Crippen molar-refractivity contribution < 1.29 is 17.9 Å². The van der Waals surface area contributed by atoms with Crippen LogP contribution in [0, 0.1) is 11.3 Å². The average Bonchev–Trinajstić information content (AvgIpc) is 2.87. The number of piperazine rings is 1. The van der Waals surface area contributed by atoms with E-state index in [2.05, 4.69) is 17.0 Å². The summed E-state index contributed by atoms with van der Waals surface area (Å²) in [4.78, 5) is 16.8. The lowest BCUT2D eigenvalue weighted by Gasteiger charge is -2.35. The second kappa shape index (κ2) is 12.6. The molecule has 1 aliphatic heterocycles. The SMILES string of the molecule is COCCN(CCCc1ccccc1)CC(=O)N1CCN(S(=O)(=O)c2ccccc2C#N)CC1. The number of sulfonamides is 1. The van der Waals surface area contributed by atoms with Crippen molar-refractivity contribution in [2.24, 2.45) is 0 Å². The van der Waals surface area contributed by atoms with Crippen molar-refractivity contribution in [1.82, 2.24) is 14.1 Å². The van der Waals surface area contributed by atoms with Gasteiger partial charge in [0.2, 0.25) is 15.9 Å². The maximum absolute atomic E-state index is 13.0. The molecule has 8 nitrogen and oxygen atoms in total. The van der Waals surface area contributed by atoms with Crippen molar-refractivity contribution in [3.05, 3.63) is 65.7 Å². The quantitative estimate of drug-likeness (QED) is 0.484. The van der Waals surface area contributed by atoms with Crippen LogP contribution in [0.3, 0.4) is 0 Å². The highest BCUT2D eigenvalue weighted by Crippen LogP contribution is 2.21. The summed E-state index contributed by atoms with van der Waals surface area (Å²) in [5.74, 6) is -0.00899. The minimum absolute atomic E-state index is 0.00899. The van der Waals surface area contributed by atoms with E-state index < -0.39 is 10.0 Å². The lowest BCUT2D eigenvalue weighted by molar-refractivity contribution is -0.133. The summed E-state index contributed by atoms with van der Waals surface area (Å²) >= 11 is 0. The van der Waals surface area contributed by atoms with Gasteiger partial charge in [0.1, 0.15) is 6.07 Å². The molecule has 0 atom stereocenters. The summed E-state index contributed by atoms with van der Waals surface area (Å²) in [7, 11) is -2.13. The highest BCUT2D eigenvalue weighted by atomic mass is 32.2. The summed E-state index contributed by atoms with van der Waals surface area (Å²) in [6.45, 7) is 3.34. The summed E-state index contributed by atoms with van der Waals surface area (Å²) in [6.07, 6.45) is 1.88. The number of hydrogen-bond donors (Lipinski definition) is 0. The number of benzene rings is 2. The van der Waals surface area contributed by atoms with E-state index >= 15 is 0 Å². The van der Waals surface area contributed by atoms with Gasteiger partial charge in [-0.25, -0.2) is 8.42 Å². The number of rotatable bonds is 11. The molecule has 34 heavy (non-hydrogen) atoms. The predicted molar refractivity (Wildman–Crippen MR) is 130 cm³/mol. The smallest absolute Gasteiger partial charge is 0.244 e. The van der Waals surface area contributed by atoms with Gasteiger partial charge in [0.05, 0.1) is 23.6 Å². The van der Waals surface area contributed by atoms with Gasteiger partial charge >= 0.3 is 0 Å². The van der Waals surface area contributed by atoms with Gasteiger partial charge in [-0.2, -0.15) is 9.57 Å². The van der Waals surface area contributed by atoms with E-state index in [4.69, 9.17) is 4.74 Å². The van der Waals surface area contributed by atoms with Crippen LogP contribution in [-0.2, 0) is 26.0 Å². The standard InChI is InChI=1S/C25H32N4O4S/c1-33-19-18-27(13-7-10-22-8-3-2-4-9-22)21-25(30)28-14-16-29(17-15-28)34(31,32)24-12-6-5-11-23(24)20-26/h2-6,8-9,11-12H,7,10,13-19,21H2,1H3. The van der Waals surface area contributed by atoms with Crippen molar-refractivity contribution in [2.75, 3.05) is 59.5 Å². The minimum atomic E-state index is -3.78.